The summed E-state index contributed by atoms with van der Waals surface area (Å²) in [4.78, 5) is 23.0. The van der Waals surface area contributed by atoms with Crippen LogP contribution >= 0.6 is 24.4 Å². The Morgan fingerprint density at radius 1 is 1.31 bits per heavy atom. The average molecular weight is 255 g/mol. The van der Waals surface area contributed by atoms with Crippen LogP contribution in [0.15, 0.2) is 30.3 Å². The first-order chi connectivity index (χ1) is 7.65. The van der Waals surface area contributed by atoms with Gasteiger partial charge in [0.25, 0.3) is 0 Å². The Balaban J connectivity index is 2.45. The third-order valence-electron chi connectivity index (χ3n) is 1.94. The highest BCUT2D eigenvalue weighted by atomic mass is 32.2. The van der Waals surface area contributed by atoms with Gasteiger partial charge in [-0.1, -0.05) is 42.1 Å². The Kier molecular flexibility index (Phi) is 5.59. The Labute approximate surface area is 104 Å². The van der Waals surface area contributed by atoms with E-state index in [4.69, 9.17) is 5.73 Å². The molecule has 0 bridgehead atoms. The van der Waals surface area contributed by atoms with Crippen molar-refractivity contribution in [1.82, 2.24) is 0 Å². The second-order valence-corrected chi connectivity index (χ2v) is 4.53. The summed E-state index contributed by atoms with van der Waals surface area (Å²) < 4.78 is 0. The summed E-state index contributed by atoms with van der Waals surface area (Å²) in [5, 5.41) is -0.195. The summed E-state index contributed by atoms with van der Waals surface area (Å²) in [6, 6.07) is 8.28. The number of hydrogen-bond donors (Lipinski definition) is 2. The number of ketones is 1. The van der Waals surface area contributed by atoms with Crippen LogP contribution < -0.4 is 5.73 Å². The molecule has 0 amide bonds. The molecule has 0 aliphatic heterocycles. The van der Waals surface area contributed by atoms with Crippen LogP contribution in [0, 0.1) is 0 Å². The van der Waals surface area contributed by atoms with Crippen LogP contribution in [0.1, 0.15) is 10.4 Å². The van der Waals surface area contributed by atoms with Crippen molar-refractivity contribution >= 4 is 35.3 Å². The van der Waals surface area contributed by atoms with Gasteiger partial charge in [-0.2, -0.15) is 12.6 Å². The monoisotopic (exact) mass is 255 g/mol. The van der Waals surface area contributed by atoms with Gasteiger partial charge in [0.05, 0.1) is 11.8 Å². The molecule has 0 radical (unpaired) electrons. The smallest absolute Gasteiger partial charge is 0.206 e. The Morgan fingerprint density at radius 2 is 1.94 bits per heavy atom. The number of rotatable bonds is 5. The summed E-state index contributed by atoms with van der Waals surface area (Å²) in [7, 11) is 0. The molecule has 3 nitrogen and oxygen atoms in total. The van der Waals surface area contributed by atoms with Crippen molar-refractivity contribution in [2.75, 3.05) is 11.5 Å². The summed E-state index contributed by atoms with van der Waals surface area (Å²) in [5.41, 5.74) is 6.10. The quantitative estimate of drug-likeness (QED) is 0.616. The molecular weight excluding hydrogens is 242 g/mol. The van der Waals surface area contributed by atoms with Gasteiger partial charge in [0.15, 0.2) is 5.78 Å². The number of Topliss-reactive ketones (excluding diaryl/α,β-unsaturated/α-hetero) is 1. The van der Waals surface area contributed by atoms with Crippen LogP contribution in [0.2, 0.25) is 0 Å². The molecule has 2 N–H and O–H groups in total. The second kappa shape index (κ2) is 6.73. The van der Waals surface area contributed by atoms with Crippen LogP contribution in [0.3, 0.4) is 0 Å². The summed E-state index contributed by atoms with van der Waals surface area (Å²) in [5.74, 6) is 0.362. The van der Waals surface area contributed by atoms with E-state index in [2.05, 4.69) is 12.6 Å². The SMILES string of the molecule is N[C@@H](CS)C(=O)SCC(=O)c1ccccc1. The Hall–Kier alpha value is -0.780. The predicted octanol–water partition coefficient (Wildman–Crippen LogP) is 1.39. The van der Waals surface area contributed by atoms with Gasteiger partial charge >= 0.3 is 0 Å². The van der Waals surface area contributed by atoms with Gasteiger partial charge in [-0.15, -0.1) is 0 Å². The minimum Gasteiger partial charge on any atom is -0.320 e. The number of carbonyl (C=O) groups excluding carboxylic acids is 2. The van der Waals surface area contributed by atoms with Gasteiger partial charge in [-0.3, -0.25) is 9.59 Å². The van der Waals surface area contributed by atoms with Crippen molar-refractivity contribution in [2.45, 2.75) is 6.04 Å². The molecule has 0 unspecified atom stereocenters. The maximum atomic E-state index is 11.6. The van der Waals surface area contributed by atoms with Gasteiger partial charge in [-0.05, 0) is 0 Å². The third kappa shape index (κ3) is 4.00. The van der Waals surface area contributed by atoms with E-state index in [0.717, 1.165) is 11.8 Å². The minimum atomic E-state index is -0.600. The van der Waals surface area contributed by atoms with E-state index in [0.29, 0.717) is 11.3 Å². The summed E-state index contributed by atoms with van der Waals surface area (Å²) >= 11 is 4.87. The lowest BCUT2D eigenvalue weighted by Gasteiger charge is -2.05. The van der Waals surface area contributed by atoms with Gasteiger partial charge in [0.2, 0.25) is 5.12 Å². The highest BCUT2D eigenvalue weighted by Crippen LogP contribution is 2.10. The van der Waals surface area contributed by atoms with E-state index in [1.807, 2.05) is 6.07 Å². The predicted molar refractivity (Wildman–Crippen MR) is 70.1 cm³/mol. The highest BCUT2D eigenvalue weighted by molar-refractivity contribution is 8.14. The lowest BCUT2D eigenvalue weighted by atomic mass is 10.2. The topological polar surface area (TPSA) is 60.2 Å². The molecule has 0 heterocycles. The Morgan fingerprint density at radius 3 is 2.50 bits per heavy atom. The third-order valence-corrected chi connectivity index (χ3v) is 3.33. The number of thioether (sulfide) groups is 1. The zero-order chi connectivity index (χ0) is 12.0. The minimum absolute atomic E-state index is 0.0645. The van der Waals surface area contributed by atoms with E-state index in [-0.39, 0.29) is 16.7 Å². The summed E-state index contributed by atoms with van der Waals surface area (Å²) in [6.45, 7) is 0. The van der Waals surface area contributed by atoms with E-state index >= 15 is 0 Å². The molecule has 1 aromatic carbocycles. The van der Waals surface area contributed by atoms with Crippen LogP contribution in [-0.2, 0) is 4.79 Å². The molecule has 1 aromatic rings. The van der Waals surface area contributed by atoms with Crippen LogP contribution in [0.4, 0.5) is 0 Å². The Bertz CT molecular complexity index is 368. The van der Waals surface area contributed by atoms with Gasteiger partial charge in [0, 0.05) is 11.3 Å². The van der Waals surface area contributed by atoms with Gasteiger partial charge in [-0.25, -0.2) is 0 Å². The molecule has 16 heavy (non-hydrogen) atoms. The summed E-state index contributed by atoms with van der Waals surface area (Å²) in [6.07, 6.45) is 0. The molecule has 5 heteroatoms. The standard InChI is InChI=1S/C11H13NO2S2/c12-9(6-15)11(14)16-7-10(13)8-4-2-1-3-5-8/h1-5,9,15H,6-7,12H2/t9-/m0/s1. The zero-order valence-corrected chi connectivity index (χ0v) is 10.3. The molecule has 0 saturated heterocycles. The number of thiol groups is 1. The fourth-order valence-corrected chi connectivity index (χ4v) is 2.05. The molecule has 0 aliphatic rings. The number of benzene rings is 1. The number of carbonyl (C=O) groups is 2. The van der Waals surface area contributed by atoms with Gasteiger partial charge in [0.1, 0.15) is 0 Å². The molecular formula is C11H13NO2S2. The molecule has 0 saturated carbocycles. The lowest BCUT2D eigenvalue weighted by Crippen LogP contribution is -2.30. The molecule has 0 spiro atoms. The van der Waals surface area contributed by atoms with E-state index in [1.54, 1.807) is 24.3 Å². The van der Waals surface area contributed by atoms with E-state index in [9.17, 15) is 9.59 Å². The molecule has 1 atom stereocenters. The van der Waals surface area contributed by atoms with E-state index < -0.39 is 6.04 Å². The van der Waals surface area contributed by atoms with Crippen molar-refractivity contribution in [3.63, 3.8) is 0 Å². The van der Waals surface area contributed by atoms with E-state index in [1.165, 1.54) is 0 Å². The number of nitrogens with two attached hydrogens (primary N) is 1. The fraction of sp³-hybridized carbons (Fsp3) is 0.273. The highest BCUT2D eigenvalue weighted by Gasteiger charge is 2.14. The van der Waals surface area contributed by atoms with Crippen LogP contribution in [0.25, 0.3) is 0 Å². The second-order valence-electron chi connectivity index (χ2n) is 3.19. The first-order valence-corrected chi connectivity index (χ1v) is 6.38. The molecule has 0 fully saturated rings. The molecule has 0 aromatic heterocycles. The first kappa shape index (κ1) is 13.3. The fourth-order valence-electron chi connectivity index (χ4n) is 1.03. The molecule has 0 aliphatic carbocycles. The van der Waals surface area contributed by atoms with Crippen molar-refractivity contribution in [1.29, 1.82) is 0 Å². The maximum Gasteiger partial charge on any atom is 0.206 e. The van der Waals surface area contributed by atoms with Gasteiger partial charge < -0.3 is 5.73 Å². The van der Waals surface area contributed by atoms with Crippen molar-refractivity contribution < 1.29 is 9.59 Å². The average Bonchev–Trinajstić information content (AvgIpc) is 2.35. The van der Waals surface area contributed by atoms with Crippen molar-refractivity contribution in [2.24, 2.45) is 5.73 Å². The number of hydrogen-bond acceptors (Lipinski definition) is 5. The normalized spacial score (nSPS) is 12.1. The molecule has 1 rings (SSSR count). The zero-order valence-electron chi connectivity index (χ0n) is 8.63. The molecule has 86 valence electrons. The maximum absolute atomic E-state index is 11.6. The lowest BCUT2D eigenvalue weighted by molar-refractivity contribution is -0.111. The van der Waals surface area contributed by atoms with Crippen LogP contribution in [-0.4, -0.2) is 28.4 Å². The largest absolute Gasteiger partial charge is 0.320 e. The van der Waals surface area contributed by atoms with Crippen LogP contribution in [0.5, 0.6) is 0 Å². The van der Waals surface area contributed by atoms with Crippen molar-refractivity contribution in [3.8, 4) is 0 Å². The van der Waals surface area contributed by atoms with Crippen molar-refractivity contribution in [3.05, 3.63) is 35.9 Å². The first-order valence-electron chi connectivity index (χ1n) is 4.76.